The van der Waals surface area contributed by atoms with Crippen LogP contribution in [0.5, 0.6) is 0 Å². The van der Waals surface area contributed by atoms with Crippen molar-refractivity contribution in [3.8, 4) is 0 Å². The van der Waals surface area contributed by atoms with Gasteiger partial charge in [-0.25, -0.2) is 0 Å². The monoisotopic (exact) mass is 332 g/mol. The fourth-order valence-corrected chi connectivity index (χ4v) is 3.88. The molecule has 0 radical (unpaired) electrons. The lowest BCUT2D eigenvalue weighted by atomic mass is 9.77. The van der Waals surface area contributed by atoms with Crippen LogP contribution < -0.4 is 10.9 Å². The zero-order valence-corrected chi connectivity index (χ0v) is 14.1. The van der Waals surface area contributed by atoms with Crippen molar-refractivity contribution in [3.63, 3.8) is 0 Å². The molecule has 3 aromatic rings. The van der Waals surface area contributed by atoms with Crippen LogP contribution in [0.1, 0.15) is 41.3 Å². The molecule has 0 aliphatic heterocycles. The van der Waals surface area contributed by atoms with Crippen molar-refractivity contribution in [2.24, 2.45) is 0 Å². The number of rotatable bonds is 2. The summed E-state index contributed by atoms with van der Waals surface area (Å²) in [6.07, 6.45) is 2.95. The SMILES string of the molecule is CC1(NC(=O)c2cc(=O)[nH]c3ccccc23)CCCc2ccccc21. The Morgan fingerprint density at radius 1 is 1.12 bits per heavy atom. The van der Waals surface area contributed by atoms with E-state index >= 15 is 0 Å². The van der Waals surface area contributed by atoms with E-state index in [4.69, 9.17) is 0 Å². The van der Waals surface area contributed by atoms with E-state index in [0.29, 0.717) is 11.1 Å². The number of para-hydroxylation sites is 1. The van der Waals surface area contributed by atoms with Gasteiger partial charge in [-0.05, 0) is 43.4 Å². The molecule has 1 unspecified atom stereocenters. The van der Waals surface area contributed by atoms with Crippen LogP contribution in [0.2, 0.25) is 0 Å². The number of aromatic nitrogens is 1. The van der Waals surface area contributed by atoms with Crippen LogP contribution in [0.25, 0.3) is 10.9 Å². The predicted molar refractivity (Wildman–Crippen MR) is 98.8 cm³/mol. The number of amides is 1. The van der Waals surface area contributed by atoms with Gasteiger partial charge < -0.3 is 10.3 Å². The lowest BCUT2D eigenvalue weighted by molar-refractivity contribution is 0.0896. The third-order valence-electron chi connectivity index (χ3n) is 5.12. The van der Waals surface area contributed by atoms with Crippen molar-refractivity contribution in [1.82, 2.24) is 10.3 Å². The topological polar surface area (TPSA) is 62.0 Å². The van der Waals surface area contributed by atoms with Crippen LogP contribution in [-0.4, -0.2) is 10.9 Å². The molecule has 1 aromatic heterocycles. The van der Waals surface area contributed by atoms with Gasteiger partial charge in [0.05, 0.1) is 11.1 Å². The van der Waals surface area contributed by atoms with Crippen molar-refractivity contribution in [2.45, 2.75) is 31.7 Å². The van der Waals surface area contributed by atoms with E-state index in [9.17, 15) is 9.59 Å². The third-order valence-corrected chi connectivity index (χ3v) is 5.12. The van der Waals surface area contributed by atoms with Crippen LogP contribution in [0.4, 0.5) is 0 Å². The van der Waals surface area contributed by atoms with Gasteiger partial charge >= 0.3 is 0 Å². The highest BCUT2D eigenvalue weighted by Gasteiger charge is 2.33. The van der Waals surface area contributed by atoms with E-state index < -0.39 is 5.54 Å². The molecule has 4 heteroatoms. The van der Waals surface area contributed by atoms with Gasteiger partial charge in [0.1, 0.15) is 0 Å². The minimum absolute atomic E-state index is 0.207. The number of carbonyl (C=O) groups is 1. The summed E-state index contributed by atoms with van der Waals surface area (Å²) in [4.78, 5) is 27.8. The first-order valence-corrected chi connectivity index (χ1v) is 8.60. The molecule has 126 valence electrons. The molecule has 0 spiro atoms. The Balaban J connectivity index is 1.76. The second-order valence-corrected chi connectivity index (χ2v) is 6.89. The maximum atomic E-state index is 13.0. The summed E-state index contributed by atoms with van der Waals surface area (Å²) in [5.41, 5.74) is 2.86. The molecule has 25 heavy (non-hydrogen) atoms. The Hall–Kier alpha value is -2.88. The average Bonchev–Trinajstić information content (AvgIpc) is 2.61. The number of aromatic amines is 1. The molecule has 4 rings (SSSR count). The molecule has 4 nitrogen and oxygen atoms in total. The average molecular weight is 332 g/mol. The summed E-state index contributed by atoms with van der Waals surface area (Å²) in [5.74, 6) is -0.207. The second-order valence-electron chi connectivity index (χ2n) is 6.89. The number of fused-ring (bicyclic) bond motifs is 2. The van der Waals surface area contributed by atoms with Gasteiger partial charge in [-0.3, -0.25) is 9.59 Å². The molecule has 0 saturated heterocycles. The summed E-state index contributed by atoms with van der Waals surface area (Å²) in [7, 11) is 0. The molecule has 2 aromatic carbocycles. The van der Waals surface area contributed by atoms with E-state index in [2.05, 4.69) is 29.4 Å². The highest BCUT2D eigenvalue weighted by Crippen LogP contribution is 2.35. The maximum Gasteiger partial charge on any atom is 0.252 e. The Bertz CT molecular complexity index is 1020. The lowest BCUT2D eigenvalue weighted by Crippen LogP contribution is -2.45. The number of carbonyl (C=O) groups excluding carboxylic acids is 1. The van der Waals surface area contributed by atoms with Gasteiger partial charge in [-0.15, -0.1) is 0 Å². The normalized spacial score (nSPS) is 19.4. The van der Waals surface area contributed by atoms with Crippen LogP contribution in [0.15, 0.2) is 59.4 Å². The molecule has 1 atom stereocenters. The van der Waals surface area contributed by atoms with E-state index in [1.54, 1.807) is 0 Å². The second kappa shape index (κ2) is 5.88. The van der Waals surface area contributed by atoms with Gasteiger partial charge in [0.2, 0.25) is 5.56 Å². The van der Waals surface area contributed by atoms with E-state index in [0.717, 1.165) is 24.6 Å². The molecule has 1 aliphatic carbocycles. The molecular weight excluding hydrogens is 312 g/mol. The molecule has 0 bridgehead atoms. The Morgan fingerprint density at radius 2 is 1.88 bits per heavy atom. The summed E-state index contributed by atoms with van der Waals surface area (Å²) in [6.45, 7) is 2.07. The molecule has 1 heterocycles. The number of pyridine rings is 1. The van der Waals surface area contributed by atoms with Gasteiger partial charge in [0, 0.05) is 17.0 Å². The van der Waals surface area contributed by atoms with E-state index in [1.165, 1.54) is 17.2 Å². The number of H-pyrrole nitrogens is 1. The number of aryl methyl sites for hydroxylation is 1. The number of benzene rings is 2. The van der Waals surface area contributed by atoms with Crippen molar-refractivity contribution < 1.29 is 4.79 Å². The van der Waals surface area contributed by atoms with Gasteiger partial charge in [0.25, 0.3) is 5.91 Å². The standard InChI is InChI=1S/C21H20N2O2/c1-21(12-6-8-14-7-2-4-10-17(14)21)23-20(25)16-13-19(24)22-18-11-5-3-9-15(16)18/h2-5,7,9-11,13H,6,8,12H2,1H3,(H,22,24)(H,23,25). The Labute approximate surface area is 145 Å². The van der Waals surface area contributed by atoms with Crippen molar-refractivity contribution >= 4 is 16.8 Å². The van der Waals surface area contributed by atoms with Crippen LogP contribution >= 0.6 is 0 Å². The van der Waals surface area contributed by atoms with Crippen molar-refractivity contribution in [2.75, 3.05) is 0 Å². The van der Waals surface area contributed by atoms with Crippen molar-refractivity contribution in [1.29, 1.82) is 0 Å². The van der Waals surface area contributed by atoms with Crippen LogP contribution in [0, 0.1) is 0 Å². The molecule has 0 fully saturated rings. The highest BCUT2D eigenvalue weighted by atomic mass is 16.2. The molecule has 1 amide bonds. The number of hydrogen-bond acceptors (Lipinski definition) is 2. The number of nitrogens with one attached hydrogen (secondary N) is 2. The van der Waals surface area contributed by atoms with Gasteiger partial charge in [-0.1, -0.05) is 42.5 Å². The lowest BCUT2D eigenvalue weighted by Gasteiger charge is -2.37. The minimum Gasteiger partial charge on any atom is -0.343 e. The first kappa shape index (κ1) is 15.6. The molecular formula is C21H20N2O2. The summed E-state index contributed by atoms with van der Waals surface area (Å²) in [6, 6.07) is 17.0. The van der Waals surface area contributed by atoms with Gasteiger partial charge in [-0.2, -0.15) is 0 Å². The fourth-order valence-electron chi connectivity index (χ4n) is 3.88. The van der Waals surface area contributed by atoms with Crippen molar-refractivity contribution in [3.05, 3.63) is 81.6 Å². The predicted octanol–water partition coefficient (Wildman–Crippen LogP) is 3.51. The maximum absolute atomic E-state index is 13.0. The van der Waals surface area contributed by atoms with E-state index in [-0.39, 0.29) is 11.5 Å². The highest BCUT2D eigenvalue weighted by molar-refractivity contribution is 6.06. The fraction of sp³-hybridized carbons (Fsp3) is 0.238. The zero-order chi connectivity index (χ0) is 17.4. The minimum atomic E-state index is -0.421. The quantitative estimate of drug-likeness (QED) is 0.754. The summed E-state index contributed by atoms with van der Waals surface area (Å²) >= 11 is 0. The summed E-state index contributed by atoms with van der Waals surface area (Å²) in [5, 5.41) is 3.95. The molecule has 1 aliphatic rings. The molecule has 2 N–H and O–H groups in total. The Morgan fingerprint density at radius 3 is 2.76 bits per heavy atom. The third kappa shape index (κ3) is 2.74. The summed E-state index contributed by atoms with van der Waals surface area (Å²) < 4.78 is 0. The molecule has 0 saturated carbocycles. The van der Waals surface area contributed by atoms with Crippen LogP contribution in [-0.2, 0) is 12.0 Å². The van der Waals surface area contributed by atoms with Gasteiger partial charge in [0.15, 0.2) is 0 Å². The first-order valence-electron chi connectivity index (χ1n) is 8.60. The largest absolute Gasteiger partial charge is 0.343 e. The number of hydrogen-bond donors (Lipinski definition) is 2. The van der Waals surface area contributed by atoms with E-state index in [1.807, 2.05) is 36.4 Å². The smallest absolute Gasteiger partial charge is 0.252 e. The van der Waals surface area contributed by atoms with Crippen LogP contribution in [0.3, 0.4) is 0 Å². The zero-order valence-electron chi connectivity index (χ0n) is 14.1. The Kier molecular flexibility index (Phi) is 3.68. The first-order chi connectivity index (χ1) is 12.1.